The highest BCUT2D eigenvalue weighted by molar-refractivity contribution is 5.77. The normalized spacial score (nSPS) is 21.1. The van der Waals surface area contributed by atoms with E-state index >= 15 is 0 Å². The maximum Gasteiger partial charge on any atom is 0.323 e. The predicted octanol–water partition coefficient (Wildman–Crippen LogP) is 2.61. The quantitative estimate of drug-likeness (QED) is 0.551. The number of nitrogens with two attached hydrogens (primary N) is 1. The predicted molar refractivity (Wildman–Crippen MR) is 78.2 cm³/mol. The van der Waals surface area contributed by atoms with E-state index < -0.39 is 11.5 Å². The van der Waals surface area contributed by atoms with Crippen LogP contribution in [-0.4, -0.2) is 41.1 Å². The summed E-state index contributed by atoms with van der Waals surface area (Å²) >= 11 is 0. The van der Waals surface area contributed by atoms with Gasteiger partial charge in [-0.2, -0.15) is 0 Å². The molecule has 1 aliphatic rings. The topological polar surface area (TPSA) is 66.6 Å². The molecule has 0 aromatic heterocycles. The molecular weight excluding hydrogens is 240 g/mol. The van der Waals surface area contributed by atoms with Crippen molar-refractivity contribution in [2.24, 2.45) is 5.73 Å². The van der Waals surface area contributed by atoms with Crippen molar-refractivity contribution in [3.05, 3.63) is 0 Å². The van der Waals surface area contributed by atoms with Crippen molar-refractivity contribution in [3.63, 3.8) is 0 Å². The molecule has 1 saturated carbocycles. The molecule has 0 spiro atoms. The molecule has 0 bridgehead atoms. The lowest BCUT2D eigenvalue weighted by Gasteiger charge is -2.27. The third-order valence-corrected chi connectivity index (χ3v) is 4.39. The third-order valence-electron chi connectivity index (χ3n) is 4.39. The molecular formula is C15H30N2O2. The van der Waals surface area contributed by atoms with E-state index in [1.54, 1.807) is 6.92 Å². The molecule has 0 heterocycles. The minimum atomic E-state index is -1.07. The monoisotopic (exact) mass is 270 g/mol. The number of hydrogen-bond donors (Lipinski definition) is 2. The summed E-state index contributed by atoms with van der Waals surface area (Å²) < 4.78 is 0. The van der Waals surface area contributed by atoms with Gasteiger partial charge in [0.15, 0.2) is 0 Å². The van der Waals surface area contributed by atoms with Crippen molar-refractivity contribution in [3.8, 4) is 0 Å². The number of rotatable bonds is 7. The summed E-state index contributed by atoms with van der Waals surface area (Å²) in [5.74, 6) is -0.898. The fourth-order valence-electron chi connectivity index (χ4n) is 2.84. The zero-order valence-corrected chi connectivity index (χ0v) is 12.5. The van der Waals surface area contributed by atoms with Crippen LogP contribution in [0.1, 0.15) is 64.7 Å². The SMILES string of the molecule is CN(CCCCC(C)(N)C(=O)O)C1CCCCCC1. The van der Waals surface area contributed by atoms with Gasteiger partial charge < -0.3 is 15.7 Å². The number of carbonyl (C=O) groups is 1. The zero-order valence-electron chi connectivity index (χ0n) is 12.5. The smallest absolute Gasteiger partial charge is 0.323 e. The highest BCUT2D eigenvalue weighted by Gasteiger charge is 2.27. The molecule has 4 heteroatoms. The standard InChI is InChI=1S/C15H30N2O2/c1-15(16,14(18)19)11-7-8-12-17(2)13-9-5-3-4-6-10-13/h13H,3-12,16H2,1-2H3,(H,18,19). The van der Waals surface area contributed by atoms with E-state index in [0.717, 1.165) is 25.4 Å². The molecule has 3 N–H and O–H groups in total. The van der Waals surface area contributed by atoms with Gasteiger partial charge in [-0.3, -0.25) is 4.79 Å². The van der Waals surface area contributed by atoms with Crippen molar-refractivity contribution in [2.75, 3.05) is 13.6 Å². The molecule has 1 aliphatic carbocycles. The molecule has 1 atom stereocenters. The number of carboxylic acids is 1. The van der Waals surface area contributed by atoms with Crippen LogP contribution >= 0.6 is 0 Å². The molecule has 4 nitrogen and oxygen atoms in total. The minimum absolute atomic E-state index is 0.556. The Hall–Kier alpha value is -0.610. The van der Waals surface area contributed by atoms with Crippen molar-refractivity contribution in [1.82, 2.24) is 4.90 Å². The van der Waals surface area contributed by atoms with Gasteiger partial charge in [-0.25, -0.2) is 0 Å². The van der Waals surface area contributed by atoms with Gasteiger partial charge in [0.1, 0.15) is 5.54 Å². The van der Waals surface area contributed by atoms with E-state index in [9.17, 15) is 4.79 Å². The first-order valence-electron chi connectivity index (χ1n) is 7.66. The Labute approximate surface area is 117 Å². The van der Waals surface area contributed by atoms with E-state index in [-0.39, 0.29) is 0 Å². The van der Waals surface area contributed by atoms with Crippen LogP contribution in [0.5, 0.6) is 0 Å². The molecule has 0 radical (unpaired) electrons. The van der Waals surface area contributed by atoms with Gasteiger partial charge in [-0.05, 0) is 52.6 Å². The van der Waals surface area contributed by atoms with E-state index in [1.807, 2.05) is 0 Å². The van der Waals surface area contributed by atoms with Crippen molar-refractivity contribution < 1.29 is 9.90 Å². The Morgan fingerprint density at radius 2 is 1.84 bits per heavy atom. The van der Waals surface area contributed by atoms with Gasteiger partial charge >= 0.3 is 5.97 Å². The summed E-state index contributed by atoms with van der Waals surface area (Å²) in [7, 11) is 2.20. The molecule has 0 saturated heterocycles. The number of carboxylic acid groups (broad SMARTS) is 1. The number of unbranched alkanes of at least 4 members (excludes halogenated alkanes) is 1. The average Bonchev–Trinajstić information content (AvgIpc) is 2.63. The van der Waals surface area contributed by atoms with E-state index in [2.05, 4.69) is 11.9 Å². The molecule has 0 aromatic carbocycles. The van der Waals surface area contributed by atoms with E-state index in [4.69, 9.17) is 10.8 Å². The van der Waals surface area contributed by atoms with Gasteiger partial charge in [-0.15, -0.1) is 0 Å². The minimum Gasteiger partial charge on any atom is -0.480 e. The third kappa shape index (κ3) is 5.91. The Bertz CT molecular complexity index is 271. The second-order valence-electron chi connectivity index (χ2n) is 6.31. The lowest BCUT2D eigenvalue weighted by molar-refractivity contribution is -0.142. The van der Waals surface area contributed by atoms with Gasteiger partial charge in [0.2, 0.25) is 0 Å². The van der Waals surface area contributed by atoms with Gasteiger partial charge in [-0.1, -0.05) is 25.7 Å². The Morgan fingerprint density at radius 3 is 2.37 bits per heavy atom. The molecule has 112 valence electrons. The molecule has 1 rings (SSSR count). The van der Waals surface area contributed by atoms with Gasteiger partial charge in [0.25, 0.3) is 0 Å². The second kappa shape index (κ2) is 7.85. The summed E-state index contributed by atoms with van der Waals surface area (Å²) in [6.45, 7) is 2.66. The number of nitrogens with zero attached hydrogens (tertiary/aromatic N) is 1. The number of hydrogen-bond acceptors (Lipinski definition) is 3. The first-order chi connectivity index (χ1) is 8.93. The largest absolute Gasteiger partial charge is 0.480 e. The first-order valence-corrected chi connectivity index (χ1v) is 7.66. The van der Waals surface area contributed by atoms with Crippen molar-refractivity contribution in [1.29, 1.82) is 0 Å². The Kier molecular flexibility index (Phi) is 6.80. The fourth-order valence-corrected chi connectivity index (χ4v) is 2.84. The van der Waals surface area contributed by atoms with Crippen molar-refractivity contribution in [2.45, 2.75) is 76.3 Å². The average molecular weight is 270 g/mol. The lowest BCUT2D eigenvalue weighted by Crippen LogP contribution is -2.44. The molecule has 0 aromatic rings. The maximum atomic E-state index is 10.9. The molecule has 19 heavy (non-hydrogen) atoms. The van der Waals surface area contributed by atoms with Crippen LogP contribution in [0.3, 0.4) is 0 Å². The Morgan fingerprint density at radius 1 is 1.26 bits per heavy atom. The molecule has 1 fully saturated rings. The summed E-state index contributed by atoms with van der Waals surface area (Å²) in [6.07, 6.45) is 10.6. The molecule has 0 aliphatic heterocycles. The van der Waals surface area contributed by atoms with Crippen LogP contribution < -0.4 is 5.73 Å². The van der Waals surface area contributed by atoms with Crippen LogP contribution in [-0.2, 0) is 4.79 Å². The first kappa shape index (κ1) is 16.4. The fraction of sp³-hybridized carbons (Fsp3) is 0.933. The highest BCUT2D eigenvalue weighted by Crippen LogP contribution is 2.21. The second-order valence-corrected chi connectivity index (χ2v) is 6.31. The summed E-state index contributed by atoms with van der Waals surface area (Å²) in [6, 6.07) is 0.728. The van der Waals surface area contributed by atoms with E-state index in [1.165, 1.54) is 38.5 Å². The maximum absolute atomic E-state index is 10.9. The number of aliphatic carboxylic acids is 1. The van der Waals surface area contributed by atoms with Gasteiger partial charge in [0.05, 0.1) is 0 Å². The molecule has 1 unspecified atom stereocenters. The van der Waals surface area contributed by atoms with Gasteiger partial charge in [0, 0.05) is 6.04 Å². The van der Waals surface area contributed by atoms with Crippen molar-refractivity contribution >= 4 is 5.97 Å². The van der Waals surface area contributed by atoms with Crippen LogP contribution in [0.15, 0.2) is 0 Å². The Balaban J connectivity index is 2.19. The summed E-state index contributed by atoms with van der Waals surface area (Å²) in [5, 5.41) is 8.95. The van der Waals surface area contributed by atoms with Crippen LogP contribution in [0.2, 0.25) is 0 Å². The van der Waals surface area contributed by atoms with Crippen LogP contribution in [0.4, 0.5) is 0 Å². The summed E-state index contributed by atoms with van der Waals surface area (Å²) in [5.41, 5.74) is 4.66. The summed E-state index contributed by atoms with van der Waals surface area (Å²) in [4.78, 5) is 13.4. The zero-order chi connectivity index (χ0) is 14.3. The lowest BCUT2D eigenvalue weighted by atomic mass is 9.96. The van der Waals surface area contributed by atoms with Crippen LogP contribution in [0, 0.1) is 0 Å². The van der Waals surface area contributed by atoms with Crippen LogP contribution in [0.25, 0.3) is 0 Å². The highest BCUT2D eigenvalue weighted by atomic mass is 16.4. The molecule has 0 amide bonds. The van der Waals surface area contributed by atoms with E-state index in [0.29, 0.717) is 6.42 Å².